The molecule has 0 aromatic carbocycles. The maximum Gasteiger partial charge on any atom is 0.00697 e. The molecular weight excluding hydrogens is 182 g/mol. The lowest BCUT2D eigenvalue weighted by molar-refractivity contribution is 0.156. The standard InChI is InChI=1S/C14H29N/c1-6-11(2)15-13-9-7-12(8-10-13)14(3,4)5/h11-13,15H,6-10H2,1-5H3. The average molecular weight is 211 g/mol. The third-order valence-electron chi connectivity index (χ3n) is 4.08. The normalized spacial score (nSPS) is 30.2. The fourth-order valence-corrected chi connectivity index (χ4v) is 2.65. The molecule has 15 heavy (non-hydrogen) atoms. The first-order valence-corrected chi connectivity index (χ1v) is 6.69. The van der Waals surface area contributed by atoms with E-state index in [1.807, 2.05) is 0 Å². The highest BCUT2D eigenvalue weighted by Gasteiger charge is 2.29. The van der Waals surface area contributed by atoms with E-state index in [4.69, 9.17) is 0 Å². The van der Waals surface area contributed by atoms with Crippen LogP contribution < -0.4 is 5.32 Å². The third kappa shape index (κ3) is 4.14. The van der Waals surface area contributed by atoms with Gasteiger partial charge in [0.15, 0.2) is 0 Å². The summed E-state index contributed by atoms with van der Waals surface area (Å²) in [6.07, 6.45) is 6.84. The van der Waals surface area contributed by atoms with Crippen molar-refractivity contribution in [3.05, 3.63) is 0 Å². The molecule has 1 nitrogen and oxygen atoms in total. The molecule has 0 aromatic heterocycles. The van der Waals surface area contributed by atoms with E-state index in [2.05, 4.69) is 39.9 Å². The molecule has 1 aliphatic rings. The van der Waals surface area contributed by atoms with E-state index in [0.29, 0.717) is 11.5 Å². The zero-order valence-corrected chi connectivity index (χ0v) is 11.3. The van der Waals surface area contributed by atoms with Gasteiger partial charge in [0.2, 0.25) is 0 Å². The predicted molar refractivity (Wildman–Crippen MR) is 68.1 cm³/mol. The Labute approximate surface area is 96.0 Å². The van der Waals surface area contributed by atoms with Crippen LogP contribution in [0.3, 0.4) is 0 Å². The van der Waals surface area contributed by atoms with Gasteiger partial charge in [-0.05, 0) is 50.4 Å². The maximum atomic E-state index is 3.74. The first-order valence-electron chi connectivity index (χ1n) is 6.69. The molecular formula is C14H29N. The Kier molecular flexibility index (Phi) is 4.64. The molecule has 1 saturated carbocycles. The first-order chi connectivity index (χ1) is 6.93. The van der Waals surface area contributed by atoms with Crippen molar-refractivity contribution in [1.29, 1.82) is 0 Å². The molecule has 1 fully saturated rings. The first kappa shape index (κ1) is 13.0. The van der Waals surface area contributed by atoms with Crippen LogP contribution in [0, 0.1) is 11.3 Å². The molecule has 0 aromatic rings. The monoisotopic (exact) mass is 211 g/mol. The molecule has 1 N–H and O–H groups in total. The zero-order chi connectivity index (χ0) is 11.5. The van der Waals surface area contributed by atoms with Crippen molar-refractivity contribution < 1.29 is 0 Å². The van der Waals surface area contributed by atoms with Crippen molar-refractivity contribution in [2.24, 2.45) is 11.3 Å². The van der Waals surface area contributed by atoms with Crippen LogP contribution in [0.1, 0.15) is 66.7 Å². The van der Waals surface area contributed by atoms with Crippen LogP contribution in [-0.2, 0) is 0 Å². The second kappa shape index (κ2) is 5.34. The predicted octanol–water partition coefficient (Wildman–Crippen LogP) is 3.98. The van der Waals surface area contributed by atoms with Crippen LogP contribution in [0.2, 0.25) is 0 Å². The van der Waals surface area contributed by atoms with E-state index in [0.717, 1.165) is 12.0 Å². The molecule has 0 bridgehead atoms. The van der Waals surface area contributed by atoms with Crippen molar-refractivity contribution >= 4 is 0 Å². The lowest BCUT2D eigenvalue weighted by atomic mass is 9.71. The van der Waals surface area contributed by atoms with Crippen molar-refractivity contribution in [2.75, 3.05) is 0 Å². The molecule has 0 saturated heterocycles. The quantitative estimate of drug-likeness (QED) is 0.744. The molecule has 90 valence electrons. The fourth-order valence-electron chi connectivity index (χ4n) is 2.65. The van der Waals surface area contributed by atoms with E-state index in [1.54, 1.807) is 0 Å². The molecule has 0 radical (unpaired) electrons. The molecule has 0 heterocycles. The average Bonchev–Trinajstić information content (AvgIpc) is 2.17. The van der Waals surface area contributed by atoms with Crippen LogP contribution in [0.5, 0.6) is 0 Å². The summed E-state index contributed by atoms with van der Waals surface area (Å²) in [5.41, 5.74) is 0.515. The van der Waals surface area contributed by atoms with Crippen LogP contribution in [0.25, 0.3) is 0 Å². The summed E-state index contributed by atoms with van der Waals surface area (Å²) < 4.78 is 0. The van der Waals surface area contributed by atoms with Crippen LogP contribution in [0.15, 0.2) is 0 Å². The Morgan fingerprint density at radius 3 is 2.07 bits per heavy atom. The molecule has 0 aliphatic heterocycles. The highest BCUT2D eigenvalue weighted by atomic mass is 14.9. The van der Waals surface area contributed by atoms with Gasteiger partial charge in [-0.15, -0.1) is 0 Å². The smallest absolute Gasteiger partial charge is 0.00697 e. The topological polar surface area (TPSA) is 12.0 Å². The van der Waals surface area contributed by atoms with Crippen LogP contribution in [0.4, 0.5) is 0 Å². The van der Waals surface area contributed by atoms with Gasteiger partial charge in [0, 0.05) is 12.1 Å². The molecule has 1 heteroatoms. The van der Waals surface area contributed by atoms with Crippen molar-refractivity contribution in [3.63, 3.8) is 0 Å². The Bertz CT molecular complexity index is 172. The van der Waals surface area contributed by atoms with Gasteiger partial charge in [-0.25, -0.2) is 0 Å². The highest BCUT2D eigenvalue weighted by Crippen LogP contribution is 2.37. The summed E-state index contributed by atoms with van der Waals surface area (Å²) in [4.78, 5) is 0. The molecule has 0 amide bonds. The van der Waals surface area contributed by atoms with Crippen LogP contribution in [-0.4, -0.2) is 12.1 Å². The van der Waals surface area contributed by atoms with E-state index in [-0.39, 0.29) is 0 Å². The van der Waals surface area contributed by atoms with Gasteiger partial charge in [-0.1, -0.05) is 27.7 Å². The lowest BCUT2D eigenvalue weighted by Crippen LogP contribution is -2.40. The van der Waals surface area contributed by atoms with Crippen LogP contribution >= 0.6 is 0 Å². The maximum absolute atomic E-state index is 3.74. The van der Waals surface area contributed by atoms with Crippen molar-refractivity contribution in [2.45, 2.75) is 78.8 Å². The summed E-state index contributed by atoms with van der Waals surface area (Å²) >= 11 is 0. The van der Waals surface area contributed by atoms with E-state index in [9.17, 15) is 0 Å². The second-order valence-corrected chi connectivity index (χ2v) is 6.39. The Balaban J connectivity index is 2.30. The van der Waals surface area contributed by atoms with E-state index in [1.165, 1.54) is 32.1 Å². The van der Waals surface area contributed by atoms with Gasteiger partial charge in [0.05, 0.1) is 0 Å². The minimum atomic E-state index is 0.515. The van der Waals surface area contributed by atoms with Crippen molar-refractivity contribution in [3.8, 4) is 0 Å². The lowest BCUT2D eigenvalue weighted by Gasteiger charge is -2.38. The third-order valence-corrected chi connectivity index (χ3v) is 4.08. The summed E-state index contributed by atoms with van der Waals surface area (Å²) in [7, 11) is 0. The highest BCUT2D eigenvalue weighted by molar-refractivity contribution is 4.84. The molecule has 1 rings (SSSR count). The van der Waals surface area contributed by atoms with Crippen molar-refractivity contribution in [1.82, 2.24) is 5.32 Å². The zero-order valence-electron chi connectivity index (χ0n) is 11.3. The van der Waals surface area contributed by atoms with Gasteiger partial charge in [-0.2, -0.15) is 0 Å². The van der Waals surface area contributed by atoms with Gasteiger partial charge < -0.3 is 5.32 Å². The Morgan fingerprint density at radius 2 is 1.67 bits per heavy atom. The number of nitrogens with one attached hydrogen (secondary N) is 1. The molecule has 1 unspecified atom stereocenters. The summed E-state index contributed by atoms with van der Waals surface area (Å²) in [6.45, 7) is 11.7. The van der Waals surface area contributed by atoms with Gasteiger partial charge in [0.25, 0.3) is 0 Å². The number of rotatable bonds is 3. The SMILES string of the molecule is CCC(C)NC1CCC(C(C)(C)C)CC1. The molecule has 1 atom stereocenters. The Morgan fingerprint density at radius 1 is 1.13 bits per heavy atom. The van der Waals surface area contributed by atoms with Gasteiger partial charge >= 0.3 is 0 Å². The Hall–Kier alpha value is -0.0400. The summed E-state index contributed by atoms with van der Waals surface area (Å²) in [6, 6.07) is 1.49. The van der Waals surface area contributed by atoms with Gasteiger partial charge in [-0.3, -0.25) is 0 Å². The second-order valence-electron chi connectivity index (χ2n) is 6.39. The van der Waals surface area contributed by atoms with Gasteiger partial charge in [0.1, 0.15) is 0 Å². The molecule has 1 aliphatic carbocycles. The summed E-state index contributed by atoms with van der Waals surface area (Å²) in [5, 5.41) is 3.74. The molecule has 0 spiro atoms. The summed E-state index contributed by atoms with van der Waals surface area (Å²) in [5.74, 6) is 0.937. The number of hydrogen-bond donors (Lipinski definition) is 1. The fraction of sp³-hybridized carbons (Fsp3) is 1.00. The number of hydrogen-bond acceptors (Lipinski definition) is 1. The minimum absolute atomic E-state index is 0.515. The largest absolute Gasteiger partial charge is 0.312 e. The van der Waals surface area contributed by atoms with E-state index >= 15 is 0 Å². The minimum Gasteiger partial charge on any atom is -0.312 e. The van der Waals surface area contributed by atoms with E-state index < -0.39 is 0 Å².